The SMILES string of the molecule is CCCCC=CC=CC=C[C@H](SCC(N)C(=O)NCC(=O)O)[C@H](O)CCCC. The Hall–Kier alpha value is -1.57. The van der Waals surface area contributed by atoms with E-state index >= 15 is 0 Å². The number of rotatable bonds is 16. The summed E-state index contributed by atoms with van der Waals surface area (Å²) < 4.78 is 0. The Kier molecular flexibility index (Phi) is 16.5. The molecule has 0 aliphatic rings. The van der Waals surface area contributed by atoms with Gasteiger partial charge in [0.05, 0.1) is 12.1 Å². The highest BCUT2D eigenvalue weighted by atomic mass is 32.2. The van der Waals surface area contributed by atoms with Gasteiger partial charge in [-0.1, -0.05) is 76.0 Å². The van der Waals surface area contributed by atoms with Gasteiger partial charge in [0.1, 0.15) is 6.54 Å². The lowest BCUT2D eigenvalue weighted by Gasteiger charge is -2.21. The highest BCUT2D eigenvalue weighted by Crippen LogP contribution is 2.21. The summed E-state index contributed by atoms with van der Waals surface area (Å²) in [5, 5.41) is 21.1. The molecule has 0 heterocycles. The smallest absolute Gasteiger partial charge is 0.322 e. The average molecular weight is 413 g/mol. The first-order valence-electron chi connectivity index (χ1n) is 9.97. The molecule has 1 unspecified atom stereocenters. The number of amides is 1. The third-order valence-electron chi connectivity index (χ3n) is 3.95. The van der Waals surface area contributed by atoms with Crippen LogP contribution < -0.4 is 11.1 Å². The lowest BCUT2D eigenvalue weighted by molar-refractivity contribution is -0.138. The molecular weight excluding hydrogens is 376 g/mol. The molecule has 28 heavy (non-hydrogen) atoms. The fourth-order valence-electron chi connectivity index (χ4n) is 2.26. The number of unbranched alkanes of at least 4 members (excludes halogenated alkanes) is 3. The number of thioether (sulfide) groups is 1. The van der Waals surface area contributed by atoms with Crippen LogP contribution in [0.4, 0.5) is 0 Å². The van der Waals surface area contributed by atoms with Crippen LogP contribution in [0, 0.1) is 0 Å². The molecule has 0 saturated carbocycles. The second kappa shape index (κ2) is 17.5. The standard InChI is InChI=1S/C21H36N2O4S/c1-3-5-7-8-9-10-11-12-14-19(18(24)13-6-4-2)28-16-17(22)21(27)23-15-20(25)26/h8-12,14,17-19,24H,3-7,13,15-16,22H2,1-2H3,(H,23,27)(H,25,26)/t17?,18-,19+/m1/s1. The van der Waals surface area contributed by atoms with Crippen molar-refractivity contribution in [3.63, 3.8) is 0 Å². The van der Waals surface area contributed by atoms with E-state index in [1.54, 1.807) is 0 Å². The summed E-state index contributed by atoms with van der Waals surface area (Å²) in [6.45, 7) is 3.78. The molecule has 5 N–H and O–H groups in total. The Bertz CT molecular complexity index is 521. The topological polar surface area (TPSA) is 113 Å². The maximum absolute atomic E-state index is 11.8. The zero-order chi connectivity index (χ0) is 21.2. The van der Waals surface area contributed by atoms with Gasteiger partial charge in [-0.15, -0.1) is 11.8 Å². The number of hydrogen-bond donors (Lipinski definition) is 4. The van der Waals surface area contributed by atoms with Crippen LogP contribution in [0.25, 0.3) is 0 Å². The van der Waals surface area contributed by atoms with Gasteiger partial charge in [-0.2, -0.15) is 0 Å². The van der Waals surface area contributed by atoms with Crippen LogP contribution in [-0.4, -0.2) is 51.8 Å². The average Bonchev–Trinajstić information content (AvgIpc) is 2.68. The van der Waals surface area contributed by atoms with Gasteiger partial charge in [-0.05, 0) is 12.8 Å². The van der Waals surface area contributed by atoms with E-state index in [2.05, 4.69) is 25.2 Å². The number of carboxylic acids is 1. The fourth-order valence-corrected chi connectivity index (χ4v) is 3.40. The van der Waals surface area contributed by atoms with Gasteiger partial charge < -0.3 is 21.3 Å². The third-order valence-corrected chi connectivity index (χ3v) is 5.35. The molecule has 7 heteroatoms. The summed E-state index contributed by atoms with van der Waals surface area (Å²) in [5.74, 6) is -1.32. The van der Waals surface area contributed by atoms with Crippen molar-refractivity contribution in [3.05, 3.63) is 36.5 Å². The van der Waals surface area contributed by atoms with E-state index in [1.807, 2.05) is 30.4 Å². The van der Waals surface area contributed by atoms with Crippen LogP contribution in [0.15, 0.2) is 36.5 Å². The van der Waals surface area contributed by atoms with Gasteiger partial charge in [0, 0.05) is 11.0 Å². The minimum atomic E-state index is -1.11. The summed E-state index contributed by atoms with van der Waals surface area (Å²) in [6.07, 6.45) is 17.3. The molecule has 1 amide bonds. The molecule has 0 aliphatic heterocycles. The van der Waals surface area contributed by atoms with Crippen LogP contribution in [0.1, 0.15) is 52.4 Å². The zero-order valence-corrected chi connectivity index (χ0v) is 17.9. The highest BCUT2D eigenvalue weighted by Gasteiger charge is 2.20. The quantitative estimate of drug-likeness (QED) is 0.229. The second-order valence-corrected chi connectivity index (χ2v) is 7.78. The van der Waals surface area contributed by atoms with Gasteiger partial charge in [0.2, 0.25) is 5.91 Å². The Labute approximate surface area is 173 Å². The summed E-state index contributed by atoms with van der Waals surface area (Å²) in [5.41, 5.74) is 5.83. The molecule has 0 aliphatic carbocycles. The number of carbonyl (C=O) groups excluding carboxylic acids is 1. The van der Waals surface area contributed by atoms with Crippen molar-refractivity contribution < 1.29 is 19.8 Å². The number of aliphatic hydroxyl groups excluding tert-OH is 1. The number of carboxylic acid groups (broad SMARTS) is 1. The number of hydrogen-bond acceptors (Lipinski definition) is 5. The molecule has 0 aromatic rings. The number of aliphatic hydroxyl groups is 1. The molecule has 0 saturated heterocycles. The van der Waals surface area contributed by atoms with Gasteiger partial charge in [-0.25, -0.2) is 0 Å². The molecule has 0 aromatic carbocycles. The van der Waals surface area contributed by atoms with E-state index in [-0.39, 0.29) is 5.25 Å². The monoisotopic (exact) mass is 412 g/mol. The van der Waals surface area contributed by atoms with Crippen molar-refractivity contribution in [2.24, 2.45) is 5.73 Å². The summed E-state index contributed by atoms with van der Waals surface area (Å²) in [4.78, 5) is 22.3. The Morgan fingerprint density at radius 3 is 2.43 bits per heavy atom. The molecule has 0 spiro atoms. The summed E-state index contributed by atoms with van der Waals surface area (Å²) in [7, 11) is 0. The minimum Gasteiger partial charge on any atom is -0.480 e. The lowest BCUT2D eigenvalue weighted by Crippen LogP contribution is -2.44. The summed E-state index contributed by atoms with van der Waals surface area (Å²) in [6, 6.07) is -0.823. The maximum atomic E-state index is 11.8. The molecule has 160 valence electrons. The Balaban J connectivity index is 4.64. The van der Waals surface area contributed by atoms with Crippen molar-refractivity contribution in [3.8, 4) is 0 Å². The van der Waals surface area contributed by atoms with Crippen LogP contribution in [0.2, 0.25) is 0 Å². The number of nitrogens with two attached hydrogens (primary N) is 1. The molecular formula is C21H36N2O4S. The Morgan fingerprint density at radius 2 is 1.79 bits per heavy atom. The van der Waals surface area contributed by atoms with E-state index in [9.17, 15) is 14.7 Å². The van der Waals surface area contributed by atoms with Crippen molar-refractivity contribution in [1.29, 1.82) is 0 Å². The molecule has 0 rings (SSSR count). The van der Waals surface area contributed by atoms with Crippen LogP contribution in [0.3, 0.4) is 0 Å². The molecule has 0 fully saturated rings. The second-order valence-electron chi connectivity index (χ2n) is 6.57. The predicted octanol–water partition coefficient (Wildman–Crippen LogP) is 3.03. The van der Waals surface area contributed by atoms with Crippen molar-refractivity contribution in [2.75, 3.05) is 12.3 Å². The van der Waals surface area contributed by atoms with Crippen LogP contribution >= 0.6 is 11.8 Å². The van der Waals surface area contributed by atoms with E-state index in [0.29, 0.717) is 12.2 Å². The van der Waals surface area contributed by atoms with Gasteiger partial charge in [0.15, 0.2) is 0 Å². The predicted molar refractivity (Wildman–Crippen MR) is 117 cm³/mol. The summed E-state index contributed by atoms with van der Waals surface area (Å²) >= 11 is 1.40. The van der Waals surface area contributed by atoms with Crippen molar-refractivity contribution in [1.82, 2.24) is 5.32 Å². The third kappa shape index (κ3) is 14.5. The first kappa shape index (κ1) is 26.4. The number of nitrogens with one attached hydrogen (secondary N) is 1. The van der Waals surface area contributed by atoms with Gasteiger partial charge >= 0.3 is 5.97 Å². The molecule has 3 atom stereocenters. The maximum Gasteiger partial charge on any atom is 0.322 e. The van der Waals surface area contributed by atoms with Crippen molar-refractivity contribution >= 4 is 23.6 Å². The molecule has 0 bridgehead atoms. The van der Waals surface area contributed by atoms with E-state index in [1.165, 1.54) is 24.6 Å². The van der Waals surface area contributed by atoms with Crippen LogP contribution in [0.5, 0.6) is 0 Å². The molecule has 0 aromatic heterocycles. The largest absolute Gasteiger partial charge is 0.480 e. The minimum absolute atomic E-state index is 0.182. The Morgan fingerprint density at radius 1 is 1.11 bits per heavy atom. The fraction of sp³-hybridized carbons (Fsp3) is 0.619. The lowest BCUT2D eigenvalue weighted by atomic mass is 10.1. The van der Waals surface area contributed by atoms with Gasteiger partial charge in [-0.3, -0.25) is 9.59 Å². The number of allylic oxidation sites excluding steroid dienone is 5. The normalized spacial score (nSPS) is 15.3. The zero-order valence-electron chi connectivity index (χ0n) is 17.0. The van der Waals surface area contributed by atoms with E-state index in [4.69, 9.17) is 10.8 Å². The molecule has 0 radical (unpaired) electrons. The molecule has 6 nitrogen and oxygen atoms in total. The van der Waals surface area contributed by atoms with Gasteiger partial charge in [0.25, 0.3) is 0 Å². The highest BCUT2D eigenvalue weighted by molar-refractivity contribution is 8.00. The number of carbonyl (C=O) groups is 2. The van der Waals surface area contributed by atoms with E-state index < -0.39 is 30.6 Å². The van der Waals surface area contributed by atoms with Crippen LogP contribution in [-0.2, 0) is 9.59 Å². The first-order valence-corrected chi connectivity index (χ1v) is 11.0. The number of aliphatic carboxylic acids is 1. The first-order chi connectivity index (χ1) is 13.4. The van der Waals surface area contributed by atoms with E-state index in [0.717, 1.165) is 19.3 Å². The van der Waals surface area contributed by atoms with Crippen molar-refractivity contribution in [2.45, 2.75) is 69.8 Å².